The molecule has 1 aliphatic heterocycles. The fourth-order valence-corrected chi connectivity index (χ4v) is 4.88. The van der Waals surface area contributed by atoms with E-state index in [-0.39, 0.29) is 12.7 Å². The number of pyridine rings is 1. The minimum Gasteiger partial charge on any atom is -0.474 e. The average Bonchev–Trinajstić information content (AvgIpc) is 3.67. The molecule has 2 saturated carbocycles. The van der Waals surface area contributed by atoms with Crippen LogP contribution >= 0.6 is 0 Å². The highest BCUT2D eigenvalue weighted by molar-refractivity contribution is 5.68. The van der Waals surface area contributed by atoms with E-state index >= 15 is 0 Å². The maximum absolute atomic E-state index is 12.6. The Morgan fingerprint density at radius 1 is 1.17 bits per heavy atom. The topological polar surface area (TPSA) is 90.3 Å². The van der Waals surface area contributed by atoms with Crippen LogP contribution in [0.2, 0.25) is 0 Å². The molecule has 2 atom stereocenters. The zero-order valence-electron chi connectivity index (χ0n) is 20.1. The third-order valence-corrected chi connectivity index (χ3v) is 7.29. The van der Waals surface area contributed by atoms with Gasteiger partial charge in [0.15, 0.2) is 5.82 Å². The van der Waals surface area contributed by atoms with Crippen molar-refractivity contribution in [3.05, 3.63) is 71.5 Å². The van der Waals surface area contributed by atoms with Crippen LogP contribution in [0.1, 0.15) is 49.3 Å². The second kappa shape index (κ2) is 8.68. The number of rotatable bonds is 8. The molecule has 35 heavy (non-hydrogen) atoms. The van der Waals surface area contributed by atoms with Gasteiger partial charge in [0.25, 0.3) is 0 Å². The summed E-state index contributed by atoms with van der Waals surface area (Å²) >= 11 is 0. The van der Waals surface area contributed by atoms with Gasteiger partial charge in [-0.25, -0.2) is 9.48 Å². The summed E-state index contributed by atoms with van der Waals surface area (Å²) in [6.07, 6.45) is 6.13. The molecule has 2 N–H and O–H groups in total. The van der Waals surface area contributed by atoms with E-state index in [1.165, 1.54) is 18.4 Å². The highest BCUT2D eigenvalue weighted by Gasteiger charge is 2.55. The maximum atomic E-state index is 12.6. The zero-order valence-corrected chi connectivity index (χ0v) is 20.1. The molecule has 0 bridgehead atoms. The Kier molecular flexibility index (Phi) is 5.48. The van der Waals surface area contributed by atoms with Crippen LogP contribution in [0.25, 0.3) is 5.82 Å². The number of fused-ring (bicyclic) bond motifs is 1. The van der Waals surface area contributed by atoms with Gasteiger partial charge in [0.05, 0.1) is 11.7 Å². The highest BCUT2D eigenvalue weighted by Crippen LogP contribution is 2.45. The molecule has 1 aromatic carbocycles. The van der Waals surface area contributed by atoms with Crippen LogP contribution in [0.4, 0.5) is 4.79 Å². The minimum absolute atomic E-state index is 0.193. The molecule has 3 aromatic rings. The van der Waals surface area contributed by atoms with Crippen molar-refractivity contribution in [1.29, 1.82) is 0 Å². The van der Waals surface area contributed by atoms with Crippen molar-refractivity contribution in [2.75, 3.05) is 13.1 Å². The number of ether oxygens (including phenoxy) is 2. The quantitative estimate of drug-likeness (QED) is 0.516. The number of carbonyl (C=O) groups excluding carboxylic acids is 1. The van der Waals surface area contributed by atoms with Gasteiger partial charge in [-0.3, -0.25) is 0 Å². The standard InChI is InChI=1S/C27H31N5O3/c1-27(2,31-26(33)34-16-17-6-4-3-5-7-17)20-10-23(32-15-19(12-29-32)18-8-9-18)30-24(11-20)35-25-21-13-28-14-22(21)25/h3-7,10-12,15,18,21-22,25,28H,8-9,13-14,16H2,1-2H3,(H,31,33). The zero-order chi connectivity index (χ0) is 24.0. The lowest BCUT2D eigenvalue weighted by atomic mass is 9.95. The lowest BCUT2D eigenvalue weighted by molar-refractivity contribution is 0.129. The van der Waals surface area contributed by atoms with Gasteiger partial charge in [0.1, 0.15) is 12.7 Å². The summed E-state index contributed by atoms with van der Waals surface area (Å²) in [6.45, 7) is 6.11. The molecule has 182 valence electrons. The molecule has 8 nitrogen and oxygen atoms in total. The van der Waals surface area contributed by atoms with E-state index in [4.69, 9.17) is 14.5 Å². The summed E-state index contributed by atoms with van der Waals surface area (Å²) in [5.41, 5.74) is 2.35. The normalized spacial score (nSPS) is 23.0. The van der Waals surface area contributed by atoms with Crippen LogP contribution in [0.5, 0.6) is 5.88 Å². The summed E-state index contributed by atoms with van der Waals surface area (Å²) in [4.78, 5) is 17.4. The lowest BCUT2D eigenvalue weighted by Gasteiger charge is -2.27. The van der Waals surface area contributed by atoms with Gasteiger partial charge >= 0.3 is 6.09 Å². The first-order valence-corrected chi connectivity index (χ1v) is 12.4. The third kappa shape index (κ3) is 4.75. The van der Waals surface area contributed by atoms with Gasteiger partial charge in [-0.05, 0) is 55.4 Å². The van der Waals surface area contributed by atoms with Gasteiger partial charge in [-0.2, -0.15) is 10.1 Å². The van der Waals surface area contributed by atoms with Crippen molar-refractivity contribution in [3.8, 4) is 11.7 Å². The van der Waals surface area contributed by atoms with Gasteiger partial charge in [-0.15, -0.1) is 0 Å². The molecular weight excluding hydrogens is 442 g/mol. The second-order valence-corrected chi connectivity index (χ2v) is 10.4. The van der Waals surface area contributed by atoms with E-state index in [1.807, 2.05) is 67.2 Å². The first-order valence-electron chi connectivity index (χ1n) is 12.4. The SMILES string of the molecule is CC(C)(NC(=O)OCc1ccccc1)c1cc(OC2C3CNCC32)nc(-n2cc(C3CC3)cn2)c1. The predicted molar refractivity (Wildman–Crippen MR) is 130 cm³/mol. The molecule has 6 rings (SSSR count). The molecule has 1 saturated heterocycles. The Bertz CT molecular complexity index is 1210. The number of amides is 1. The Morgan fingerprint density at radius 2 is 1.94 bits per heavy atom. The Hall–Kier alpha value is -3.39. The minimum atomic E-state index is -0.711. The van der Waals surface area contributed by atoms with E-state index in [2.05, 4.69) is 21.9 Å². The number of nitrogens with one attached hydrogen (secondary N) is 2. The summed E-state index contributed by atoms with van der Waals surface area (Å²) in [5, 5.41) is 11.0. The smallest absolute Gasteiger partial charge is 0.408 e. The van der Waals surface area contributed by atoms with Crippen LogP contribution in [0, 0.1) is 11.8 Å². The fraction of sp³-hybridized carbons (Fsp3) is 0.444. The van der Waals surface area contributed by atoms with E-state index in [1.54, 1.807) is 0 Å². The molecule has 1 amide bonds. The van der Waals surface area contributed by atoms with Gasteiger partial charge in [-0.1, -0.05) is 30.3 Å². The van der Waals surface area contributed by atoms with E-state index in [9.17, 15) is 4.79 Å². The van der Waals surface area contributed by atoms with Crippen LogP contribution in [0.15, 0.2) is 54.9 Å². The van der Waals surface area contributed by atoms with Gasteiger partial charge in [0.2, 0.25) is 5.88 Å². The number of alkyl carbamates (subject to hydrolysis) is 1. The molecule has 2 unspecified atom stereocenters. The number of piperidine rings is 1. The number of hydrogen-bond acceptors (Lipinski definition) is 6. The van der Waals surface area contributed by atoms with Crippen molar-refractivity contribution in [2.24, 2.45) is 11.8 Å². The maximum Gasteiger partial charge on any atom is 0.408 e. The van der Waals surface area contributed by atoms with Crippen molar-refractivity contribution in [1.82, 2.24) is 25.4 Å². The Balaban J connectivity index is 1.23. The molecule has 2 aliphatic carbocycles. The summed E-state index contributed by atoms with van der Waals surface area (Å²) < 4.78 is 13.6. The number of carbonyl (C=O) groups is 1. The molecule has 8 heteroatoms. The predicted octanol–water partition coefficient (Wildman–Crippen LogP) is 3.90. The first kappa shape index (κ1) is 22.1. The lowest BCUT2D eigenvalue weighted by Crippen LogP contribution is -2.41. The van der Waals surface area contributed by atoms with E-state index < -0.39 is 11.6 Å². The molecular formula is C27H31N5O3. The number of hydrogen-bond donors (Lipinski definition) is 2. The number of benzene rings is 1. The van der Waals surface area contributed by atoms with Gasteiger partial charge < -0.3 is 20.1 Å². The van der Waals surface area contributed by atoms with Crippen LogP contribution in [-0.4, -0.2) is 40.1 Å². The van der Waals surface area contributed by atoms with Crippen molar-refractivity contribution < 1.29 is 14.3 Å². The third-order valence-electron chi connectivity index (χ3n) is 7.29. The summed E-state index contributed by atoms with van der Waals surface area (Å²) in [6, 6.07) is 13.5. The molecule has 3 fully saturated rings. The van der Waals surface area contributed by atoms with Crippen molar-refractivity contribution in [2.45, 2.75) is 50.9 Å². The second-order valence-electron chi connectivity index (χ2n) is 10.4. The van der Waals surface area contributed by atoms with Crippen molar-refractivity contribution in [3.63, 3.8) is 0 Å². The monoisotopic (exact) mass is 473 g/mol. The van der Waals surface area contributed by atoms with Crippen LogP contribution in [0.3, 0.4) is 0 Å². The summed E-state index contributed by atoms with van der Waals surface area (Å²) in [5.74, 6) is 2.95. The highest BCUT2D eigenvalue weighted by atomic mass is 16.5. The Morgan fingerprint density at radius 3 is 2.69 bits per heavy atom. The van der Waals surface area contributed by atoms with Crippen molar-refractivity contribution >= 4 is 6.09 Å². The van der Waals surface area contributed by atoms with Gasteiger partial charge in [0, 0.05) is 37.2 Å². The molecule has 3 aliphatic rings. The van der Waals surface area contributed by atoms with E-state index in [0.29, 0.717) is 29.5 Å². The fourth-order valence-electron chi connectivity index (χ4n) is 4.88. The first-order chi connectivity index (χ1) is 17.0. The van der Waals surface area contributed by atoms with E-state index in [0.717, 1.165) is 24.2 Å². The molecule has 0 spiro atoms. The molecule has 0 radical (unpaired) electrons. The van der Waals surface area contributed by atoms with Crippen LogP contribution < -0.4 is 15.4 Å². The number of nitrogens with zero attached hydrogens (tertiary/aromatic N) is 3. The van der Waals surface area contributed by atoms with Crippen LogP contribution in [-0.2, 0) is 16.9 Å². The largest absolute Gasteiger partial charge is 0.474 e. The molecule has 2 aromatic heterocycles. The Labute approximate surface area is 205 Å². The molecule has 3 heterocycles. The average molecular weight is 474 g/mol. The number of aromatic nitrogens is 3. The summed E-state index contributed by atoms with van der Waals surface area (Å²) in [7, 11) is 0.